The zero-order chi connectivity index (χ0) is 16.8. The number of phenolic OH excluding ortho intramolecular Hbond substituents is 1. The van der Waals surface area contributed by atoms with Crippen LogP contribution in [0.3, 0.4) is 0 Å². The fourth-order valence-corrected chi connectivity index (χ4v) is 1.85. The fourth-order valence-electron chi connectivity index (χ4n) is 1.85. The van der Waals surface area contributed by atoms with Crippen LogP contribution >= 0.6 is 0 Å². The normalized spacial score (nSPS) is 10.5. The predicted molar refractivity (Wildman–Crippen MR) is 82.8 cm³/mol. The molecule has 2 aromatic rings. The van der Waals surface area contributed by atoms with Crippen molar-refractivity contribution in [2.75, 3.05) is 7.11 Å². The molecule has 0 aromatic heterocycles. The van der Waals surface area contributed by atoms with Crippen LogP contribution in [-0.2, 0) is 0 Å². The van der Waals surface area contributed by atoms with Gasteiger partial charge in [-0.25, -0.2) is 5.43 Å². The molecule has 0 saturated carbocycles. The molecule has 0 spiro atoms. The maximum absolute atomic E-state index is 12.0. The Labute approximate surface area is 131 Å². The monoisotopic (exact) mass is 315 g/mol. The summed E-state index contributed by atoms with van der Waals surface area (Å²) in [5.74, 6) is -0.644. The number of amides is 1. The first-order valence-electron chi connectivity index (χ1n) is 6.47. The highest BCUT2D eigenvalue weighted by molar-refractivity contribution is 5.97. The molecule has 0 bridgehead atoms. The van der Waals surface area contributed by atoms with Crippen molar-refractivity contribution >= 4 is 17.8 Å². The van der Waals surface area contributed by atoms with E-state index >= 15 is 0 Å². The maximum atomic E-state index is 12.0. The Morgan fingerprint density at radius 2 is 2.04 bits per heavy atom. The van der Waals surface area contributed by atoms with E-state index in [4.69, 9.17) is 4.74 Å². The molecule has 0 aliphatic heterocycles. The van der Waals surface area contributed by atoms with Gasteiger partial charge in [-0.2, -0.15) is 5.10 Å². The fraction of sp³-hybridized carbons (Fsp3) is 0.0667. The number of carbonyl (C=O) groups is 1. The Balaban J connectivity index is 2.15. The molecule has 0 saturated heterocycles. The van der Waals surface area contributed by atoms with Crippen molar-refractivity contribution in [3.63, 3.8) is 0 Å². The summed E-state index contributed by atoms with van der Waals surface area (Å²) in [6.07, 6.45) is 1.12. The zero-order valence-corrected chi connectivity index (χ0v) is 12.1. The highest BCUT2D eigenvalue weighted by Gasteiger charge is 2.15. The second-order valence-corrected chi connectivity index (χ2v) is 4.37. The first kappa shape index (κ1) is 16.0. The van der Waals surface area contributed by atoms with Gasteiger partial charge in [0.05, 0.1) is 23.8 Å². The van der Waals surface area contributed by atoms with Crippen LogP contribution in [-0.4, -0.2) is 29.3 Å². The Morgan fingerprint density at radius 1 is 1.30 bits per heavy atom. The van der Waals surface area contributed by atoms with Gasteiger partial charge in [0.1, 0.15) is 5.75 Å². The van der Waals surface area contributed by atoms with E-state index in [9.17, 15) is 20.0 Å². The van der Waals surface area contributed by atoms with Crippen molar-refractivity contribution in [1.82, 2.24) is 5.43 Å². The number of nitrogens with one attached hydrogen (secondary N) is 1. The molecule has 2 rings (SSSR count). The van der Waals surface area contributed by atoms with Crippen LogP contribution in [0.4, 0.5) is 5.69 Å². The number of hydrogen-bond donors (Lipinski definition) is 2. The number of nitro groups is 1. The summed E-state index contributed by atoms with van der Waals surface area (Å²) in [5.41, 5.74) is 2.23. The highest BCUT2D eigenvalue weighted by Crippen LogP contribution is 2.27. The van der Waals surface area contributed by atoms with E-state index in [1.54, 1.807) is 24.3 Å². The topological polar surface area (TPSA) is 114 Å². The van der Waals surface area contributed by atoms with Crippen molar-refractivity contribution in [2.24, 2.45) is 5.10 Å². The number of hydrazone groups is 1. The van der Waals surface area contributed by atoms with Gasteiger partial charge < -0.3 is 9.84 Å². The van der Waals surface area contributed by atoms with Crippen LogP contribution < -0.4 is 10.2 Å². The van der Waals surface area contributed by atoms with Crippen LogP contribution in [0, 0.1) is 10.1 Å². The van der Waals surface area contributed by atoms with Gasteiger partial charge in [-0.15, -0.1) is 0 Å². The van der Waals surface area contributed by atoms with Crippen LogP contribution in [0.25, 0.3) is 0 Å². The van der Waals surface area contributed by atoms with Crippen LogP contribution in [0.2, 0.25) is 0 Å². The SMILES string of the molecule is COc1ccccc1C(=O)N/N=C/c1cccc([N+](=O)[O-])c1O. The number of ether oxygens (including phenoxy) is 1. The third kappa shape index (κ3) is 3.62. The summed E-state index contributed by atoms with van der Waals surface area (Å²) in [4.78, 5) is 22.0. The second kappa shape index (κ2) is 7.03. The summed E-state index contributed by atoms with van der Waals surface area (Å²) in [6.45, 7) is 0. The van der Waals surface area contributed by atoms with Gasteiger partial charge in [-0.3, -0.25) is 14.9 Å². The van der Waals surface area contributed by atoms with Gasteiger partial charge in [0.25, 0.3) is 5.91 Å². The van der Waals surface area contributed by atoms with Crippen LogP contribution in [0.5, 0.6) is 11.5 Å². The standard InChI is InChI=1S/C15H13N3O5/c1-23-13-8-3-2-6-11(13)15(20)17-16-9-10-5-4-7-12(14(10)19)18(21)22/h2-9,19H,1H3,(H,17,20)/b16-9+. The summed E-state index contributed by atoms with van der Waals surface area (Å²) in [7, 11) is 1.44. The minimum atomic E-state index is -0.708. The zero-order valence-electron chi connectivity index (χ0n) is 12.1. The average Bonchev–Trinajstić information content (AvgIpc) is 2.56. The van der Waals surface area contributed by atoms with E-state index < -0.39 is 22.3 Å². The minimum Gasteiger partial charge on any atom is -0.502 e. The summed E-state index contributed by atoms with van der Waals surface area (Å²) in [5, 5.41) is 24.2. The third-order valence-electron chi connectivity index (χ3n) is 2.96. The molecule has 8 heteroatoms. The lowest BCUT2D eigenvalue weighted by atomic mass is 10.2. The molecule has 0 radical (unpaired) electrons. The largest absolute Gasteiger partial charge is 0.502 e. The number of aromatic hydroxyl groups is 1. The molecular weight excluding hydrogens is 302 g/mol. The van der Waals surface area contributed by atoms with Gasteiger partial charge >= 0.3 is 5.69 Å². The molecule has 1 amide bonds. The minimum absolute atomic E-state index is 0.111. The molecule has 0 aliphatic rings. The van der Waals surface area contributed by atoms with Crippen molar-refractivity contribution in [1.29, 1.82) is 0 Å². The summed E-state index contributed by atoms with van der Waals surface area (Å²) >= 11 is 0. The molecule has 23 heavy (non-hydrogen) atoms. The molecule has 0 atom stereocenters. The van der Waals surface area contributed by atoms with Gasteiger partial charge in [0, 0.05) is 11.6 Å². The van der Waals surface area contributed by atoms with Crippen LogP contribution in [0.15, 0.2) is 47.6 Å². The van der Waals surface area contributed by atoms with Gasteiger partial charge in [0.15, 0.2) is 0 Å². The quantitative estimate of drug-likeness (QED) is 0.498. The van der Waals surface area contributed by atoms with E-state index in [0.717, 1.165) is 6.21 Å². The van der Waals surface area contributed by atoms with Crippen molar-refractivity contribution in [3.05, 3.63) is 63.7 Å². The highest BCUT2D eigenvalue weighted by atomic mass is 16.6. The lowest BCUT2D eigenvalue weighted by molar-refractivity contribution is -0.385. The number of phenols is 1. The molecule has 0 heterocycles. The van der Waals surface area contributed by atoms with E-state index in [2.05, 4.69) is 10.5 Å². The Kier molecular flexibility index (Phi) is 4.88. The van der Waals surface area contributed by atoms with E-state index in [0.29, 0.717) is 5.75 Å². The van der Waals surface area contributed by atoms with Gasteiger partial charge in [0.2, 0.25) is 5.75 Å². The van der Waals surface area contributed by atoms with Gasteiger partial charge in [-0.1, -0.05) is 18.2 Å². The molecule has 2 N–H and O–H groups in total. The second-order valence-electron chi connectivity index (χ2n) is 4.37. The molecule has 0 unspecified atom stereocenters. The predicted octanol–water partition coefficient (Wildman–Crippen LogP) is 2.07. The summed E-state index contributed by atoms with van der Waals surface area (Å²) < 4.78 is 5.06. The Bertz CT molecular complexity index is 773. The molecular formula is C15H13N3O5. The van der Waals surface area contributed by atoms with E-state index in [1.807, 2.05) is 0 Å². The third-order valence-corrected chi connectivity index (χ3v) is 2.96. The molecule has 8 nitrogen and oxygen atoms in total. The number of nitro benzene ring substituents is 1. The number of para-hydroxylation sites is 2. The number of benzene rings is 2. The smallest absolute Gasteiger partial charge is 0.311 e. The van der Waals surface area contributed by atoms with Crippen molar-refractivity contribution in [3.8, 4) is 11.5 Å². The number of methoxy groups -OCH3 is 1. The number of nitrogens with zero attached hydrogens (tertiary/aromatic N) is 2. The van der Waals surface area contributed by atoms with Crippen LogP contribution in [0.1, 0.15) is 15.9 Å². The number of rotatable bonds is 5. The molecule has 0 fully saturated rings. The average molecular weight is 315 g/mol. The van der Waals surface area contributed by atoms with E-state index in [1.165, 1.54) is 25.3 Å². The van der Waals surface area contributed by atoms with Gasteiger partial charge in [-0.05, 0) is 18.2 Å². The lowest BCUT2D eigenvalue weighted by Gasteiger charge is -2.06. The summed E-state index contributed by atoms with van der Waals surface area (Å²) in [6, 6.07) is 10.6. The Hall–Kier alpha value is -3.42. The lowest BCUT2D eigenvalue weighted by Crippen LogP contribution is -2.18. The first-order valence-corrected chi connectivity index (χ1v) is 6.47. The number of hydrogen-bond acceptors (Lipinski definition) is 6. The van der Waals surface area contributed by atoms with Crippen molar-refractivity contribution < 1.29 is 19.6 Å². The Morgan fingerprint density at radius 3 is 2.74 bits per heavy atom. The van der Waals surface area contributed by atoms with E-state index in [-0.39, 0.29) is 11.1 Å². The molecule has 0 aliphatic carbocycles. The molecule has 118 valence electrons. The van der Waals surface area contributed by atoms with Crippen molar-refractivity contribution in [2.45, 2.75) is 0 Å². The molecule has 2 aromatic carbocycles. The number of carbonyl (C=O) groups excluding carboxylic acids is 1. The first-order chi connectivity index (χ1) is 11.0. The maximum Gasteiger partial charge on any atom is 0.311 e.